The summed E-state index contributed by atoms with van der Waals surface area (Å²) in [4.78, 5) is 12.1. The highest BCUT2D eigenvalue weighted by molar-refractivity contribution is 5.92. The predicted molar refractivity (Wildman–Crippen MR) is 76.1 cm³/mol. The van der Waals surface area contributed by atoms with Crippen molar-refractivity contribution in [3.05, 3.63) is 23.8 Å². The molecule has 0 unspecified atom stereocenters. The van der Waals surface area contributed by atoms with Crippen LogP contribution >= 0.6 is 0 Å². The fourth-order valence-corrected chi connectivity index (χ4v) is 2.73. The maximum atomic E-state index is 12.1. The number of hydrogen-bond acceptors (Lipinski definition) is 3. The Bertz CT molecular complexity index is 465. The molecule has 19 heavy (non-hydrogen) atoms. The Morgan fingerprint density at radius 1 is 1.37 bits per heavy atom. The first-order chi connectivity index (χ1) is 8.98. The zero-order chi connectivity index (χ0) is 13.9. The van der Waals surface area contributed by atoms with Crippen LogP contribution in [0.1, 0.15) is 44.1 Å². The minimum atomic E-state index is -0.340. The number of aryl methyl sites for hydroxylation is 1. The number of rotatable bonds is 3. The number of amides is 1. The normalized spacial score (nSPS) is 18.0. The van der Waals surface area contributed by atoms with Crippen molar-refractivity contribution >= 4 is 11.6 Å². The van der Waals surface area contributed by atoms with Crippen molar-refractivity contribution in [1.29, 1.82) is 0 Å². The van der Waals surface area contributed by atoms with Gasteiger partial charge in [0.1, 0.15) is 5.75 Å². The molecule has 1 aromatic rings. The molecular weight excluding hydrogens is 240 g/mol. The van der Waals surface area contributed by atoms with E-state index >= 15 is 0 Å². The molecule has 0 atom stereocenters. The summed E-state index contributed by atoms with van der Waals surface area (Å²) in [5.41, 5.74) is 7.52. The van der Waals surface area contributed by atoms with Crippen LogP contribution in [0.2, 0.25) is 0 Å². The number of carbonyl (C=O) groups excluding carboxylic acids is 1. The van der Waals surface area contributed by atoms with Crippen LogP contribution < -0.4 is 11.1 Å². The van der Waals surface area contributed by atoms with Crippen LogP contribution in [-0.4, -0.2) is 16.6 Å². The molecule has 1 aliphatic carbocycles. The second-order valence-corrected chi connectivity index (χ2v) is 5.65. The number of nitrogens with two attached hydrogens (primary N) is 1. The fourth-order valence-electron chi connectivity index (χ4n) is 2.73. The largest absolute Gasteiger partial charge is 0.508 e. The fraction of sp³-hybridized carbons (Fsp3) is 0.533. The van der Waals surface area contributed by atoms with Gasteiger partial charge in [-0.25, -0.2) is 0 Å². The molecule has 1 aliphatic rings. The molecule has 0 aliphatic heterocycles. The third kappa shape index (κ3) is 3.70. The standard InChI is InChI=1S/C15H22N2O2/c1-11-9-12(18)5-6-13(11)17-14(19)10-15(16)7-3-2-4-8-15/h5-6,9,18H,2-4,7-8,10,16H2,1H3,(H,17,19). The third-order valence-electron chi connectivity index (χ3n) is 3.85. The second-order valence-electron chi connectivity index (χ2n) is 5.65. The van der Waals surface area contributed by atoms with Gasteiger partial charge in [0.05, 0.1) is 0 Å². The predicted octanol–water partition coefficient (Wildman–Crippen LogP) is 2.69. The van der Waals surface area contributed by atoms with Crippen LogP contribution in [0, 0.1) is 6.92 Å². The number of carbonyl (C=O) groups is 1. The smallest absolute Gasteiger partial charge is 0.226 e. The molecule has 2 rings (SSSR count). The molecule has 4 heteroatoms. The Kier molecular flexibility index (Phi) is 4.10. The highest BCUT2D eigenvalue weighted by Crippen LogP contribution is 2.29. The Morgan fingerprint density at radius 3 is 2.68 bits per heavy atom. The van der Waals surface area contributed by atoms with Gasteiger partial charge in [-0.2, -0.15) is 0 Å². The Balaban J connectivity index is 1.97. The van der Waals surface area contributed by atoms with Crippen molar-refractivity contribution in [2.24, 2.45) is 5.73 Å². The molecule has 0 heterocycles. The van der Waals surface area contributed by atoms with Crippen molar-refractivity contribution in [3.63, 3.8) is 0 Å². The van der Waals surface area contributed by atoms with Gasteiger partial charge in [-0.1, -0.05) is 19.3 Å². The van der Waals surface area contributed by atoms with E-state index in [9.17, 15) is 9.90 Å². The molecule has 0 spiro atoms. The molecule has 1 saturated carbocycles. The van der Waals surface area contributed by atoms with Crippen molar-refractivity contribution < 1.29 is 9.90 Å². The average molecular weight is 262 g/mol. The van der Waals surface area contributed by atoms with Crippen LogP contribution in [0.4, 0.5) is 5.69 Å². The van der Waals surface area contributed by atoms with Crippen molar-refractivity contribution in [2.45, 2.75) is 51.0 Å². The van der Waals surface area contributed by atoms with E-state index in [1.54, 1.807) is 18.2 Å². The molecule has 4 nitrogen and oxygen atoms in total. The molecule has 1 aromatic carbocycles. The van der Waals surface area contributed by atoms with Crippen LogP contribution in [0.5, 0.6) is 5.75 Å². The summed E-state index contributed by atoms with van der Waals surface area (Å²) in [7, 11) is 0. The lowest BCUT2D eigenvalue weighted by Crippen LogP contribution is -2.44. The maximum Gasteiger partial charge on any atom is 0.226 e. The maximum absolute atomic E-state index is 12.1. The first-order valence-electron chi connectivity index (χ1n) is 6.87. The quantitative estimate of drug-likeness (QED) is 0.733. The van der Waals surface area contributed by atoms with Gasteiger partial charge in [-0.15, -0.1) is 0 Å². The van der Waals surface area contributed by atoms with Gasteiger partial charge < -0.3 is 16.2 Å². The summed E-state index contributed by atoms with van der Waals surface area (Å²) < 4.78 is 0. The van der Waals surface area contributed by atoms with Crippen LogP contribution in [0.25, 0.3) is 0 Å². The third-order valence-corrected chi connectivity index (χ3v) is 3.85. The van der Waals surface area contributed by atoms with Gasteiger partial charge in [0.2, 0.25) is 5.91 Å². The second kappa shape index (κ2) is 5.61. The van der Waals surface area contributed by atoms with E-state index in [-0.39, 0.29) is 17.2 Å². The highest BCUT2D eigenvalue weighted by Gasteiger charge is 2.30. The summed E-state index contributed by atoms with van der Waals surface area (Å²) in [6.07, 6.45) is 5.67. The molecular formula is C15H22N2O2. The van der Waals surface area contributed by atoms with E-state index in [4.69, 9.17) is 5.73 Å². The van der Waals surface area contributed by atoms with Crippen LogP contribution in [0.3, 0.4) is 0 Å². The van der Waals surface area contributed by atoms with Crippen LogP contribution in [-0.2, 0) is 4.79 Å². The number of hydrogen-bond donors (Lipinski definition) is 3. The van der Waals surface area contributed by atoms with E-state index in [1.807, 2.05) is 6.92 Å². The minimum absolute atomic E-state index is 0.0433. The van der Waals surface area contributed by atoms with E-state index in [0.717, 1.165) is 36.9 Å². The lowest BCUT2D eigenvalue weighted by atomic mass is 9.80. The number of phenols is 1. The average Bonchev–Trinajstić information content (AvgIpc) is 2.33. The molecule has 104 valence electrons. The summed E-state index contributed by atoms with van der Waals surface area (Å²) in [6, 6.07) is 4.92. The SMILES string of the molecule is Cc1cc(O)ccc1NC(=O)CC1(N)CCCCC1. The van der Waals surface area contributed by atoms with Crippen molar-refractivity contribution in [1.82, 2.24) is 0 Å². The summed E-state index contributed by atoms with van der Waals surface area (Å²) in [6.45, 7) is 1.86. The van der Waals surface area contributed by atoms with Gasteiger partial charge in [0.25, 0.3) is 0 Å². The number of phenolic OH excluding ortho intramolecular Hbond substituents is 1. The van der Waals surface area contributed by atoms with E-state index in [0.29, 0.717) is 6.42 Å². The van der Waals surface area contributed by atoms with Gasteiger partial charge in [-0.3, -0.25) is 4.79 Å². The number of anilines is 1. The molecule has 0 aromatic heterocycles. The highest BCUT2D eigenvalue weighted by atomic mass is 16.3. The zero-order valence-corrected chi connectivity index (χ0v) is 11.4. The molecule has 1 fully saturated rings. The number of nitrogens with one attached hydrogen (secondary N) is 1. The molecule has 4 N–H and O–H groups in total. The number of benzene rings is 1. The van der Waals surface area contributed by atoms with Gasteiger partial charge >= 0.3 is 0 Å². The first-order valence-corrected chi connectivity index (χ1v) is 6.87. The van der Waals surface area contributed by atoms with Gasteiger partial charge in [-0.05, 0) is 43.5 Å². The molecule has 1 amide bonds. The monoisotopic (exact) mass is 262 g/mol. The van der Waals surface area contributed by atoms with Crippen LogP contribution in [0.15, 0.2) is 18.2 Å². The topological polar surface area (TPSA) is 75.3 Å². The van der Waals surface area contributed by atoms with Gasteiger partial charge in [0.15, 0.2) is 0 Å². The van der Waals surface area contributed by atoms with Gasteiger partial charge in [0, 0.05) is 17.6 Å². The van der Waals surface area contributed by atoms with E-state index in [2.05, 4.69) is 5.32 Å². The Hall–Kier alpha value is -1.55. The van der Waals surface area contributed by atoms with Crippen molar-refractivity contribution in [3.8, 4) is 5.75 Å². The Labute approximate surface area is 114 Å². The summed E-state index contributed by atoms with van der Waals surface area (Å²) in [5, 5.41) is 12.2. The molecule has 0 bridgehead atoms. The summed E-state index contributed by atoms with van der Waals surface area (Å²) >= 11 is 0. The molecule has 0 radical (unpaired) electrons. The number of aromatic hydroxyl groups is 1. The van der Waals surface area contributed by atoms with E-state index < -0.39 is 0 Å². The minimum Gasteiger partial charge on any atom is -0.508 e. The lowest BCUT2D eigenvalue weighted by molar-refractivity contribution is -0.117. The van der Waals surface area contributed by atoms with Crippen molar-refractivity contribution in [2.75, 3.05) is 5.32 Å². The lowest BCUT2D eigenvalue weighted by Gasteiger charge is -2.32. The zero-order valence-electron chi connectivity index (χ0n) is 11.4. The summed E-state index contributed by atoms with van der Waals surface area (Å²) in [5.74, 6) is 0.163. The Morgan fingerprint density at radius 2 is 2.05 bits per heavy atom. The first kappa shape index (κ1) is 13.9. The molecule has 0 saturated heterocycles. The van der Waals surface area contributed by atoms with E-state index in [1.165, 1.54) is 6.42 Å².